The number of Topliss-reactive ketones (excluding diaryl/α,β-unsaturated/α-hetero) is 1. The Bertz CT molecular complexity index is 445. The zero-order valence-electron chi connectivity index (χ0n) is 9.66. The van der Waals surface area contributed by atoms with E-state index in [1.807, 2.05) is 44.2 Å². The first-order valence-electron chi connectivity index (χ1n) is 5.61. The number of hydrogen-bond donors (Lipinski definition) is 1. The van der Waals surface area contributed by atoms with Crippen LogP contribution in [0.1, 0.15) is 32.3 Å². The summed E-state index contributed by atoms with van der Waals surface area (Å²) in [6, 6.07) is 9.57. The van der Waals surface area contributed by atoms with Crippen LogP contribution in [-0.4, -0.2) is 16.5 Å². The maximum atomic E-state index is 12.2. The summed E-state index contributed by atoms with van der Waals surface area (Å²) in [4.78, 5) is 12.2. The summed E-state index contributed by atoms with van der Waals surface area (Å²) < 4.78 is 0. The smallest absolute Gasteiger partial charge is 0.195 e. The molecular formula is C14H16O2. The zero-order valence-corrected chi connectivity index (χ0v) is 9.66. The van der Waals surface area contributed by atoms with Gasteiger partial charge >= 0.3 is 0 Å². The maximum Gasteiger partial charge on any atom is 0.195 e. The van der Waals surface area contributed by atoms with Crippen molar-refractivity contribution in [3.05, 3.63) is 41.5 Å². The summed E-state index contributed by atoms with van der Waals surface area (Å²) in [5, 5.41) is 10.2. The molecule has 0 fully saturated rings. The van der Waals surface area contributed by atoms with E-state index in [1.54, 1.807) is 0 Å². The van der Waals surface area contributed by atoms with Gasteiger partial charge in [0.15, 0.2) is 5.78 Å². The fourth-order valence-electron chi connectivity index (χ4n) is 2.30. The van der Waals surface area contributed by atoms with Gasteiger partial charge < -0.3 is 5.11 Å². The number of aliphatic hydroxyl groups is 1. The molecule has 1 atom stereocenters. The minimum absolute atomic E-state index is 0.126. The Morgan fingerprint density at radius 3 is 2.44 bits per heavy atom. The molecular weight excluding hydrogens is 200 g/mol. The van der Waals surface area contributed by atoms with Gasteiger partial charge in [-0.1, -0.05) is 42.8 Å². The van der Waals surface area contributed by atoms with E-state index in [0.29, 0.717) is 18.4 Å². The van der Waals surface area contributed by atoms with Gasteiger partial charge in [0.25, 0.3) is 0 Å². The number of hydrogen-bond acceptors (Lipinski definition) is 2. The van der Waals surface area contributed by atoms with Gasteiger partial charge in [0, 0.05) is 12.0 Å². The van der Waals surface area contributed by atoms with E-state index >= 15 is 0 Å². The van der Waals surface area contributed by atoms with Crippen LogP contribution in [0, 0.1) is 0 Å². The molecule has 1 aliphatic carbocycles. The summed E-state index contributed by atoms with van der Waals surface area (Å²) in [6.45, 7) is 3.77. The van der Waals surface area contributed by atoms with Crippen LogP contribution in [0.15, 0.2) is 35.9 Å². The molecule has 2 rings (SSSR count). The first-order chi connectivity index (χ1) is 7.58. The van der Waals surface area contributed by atoms with Crippen molar-refractivity contribution in [3.8, 4) is 0 Å². The average Bonchev–Trinajstić information content (AvgIpc) is 2.52. The first kappa shape index (κ1) is 11.1. The van der Waals surface area contributed by atoms with E-state index in [-0.39, 0.29) is 5.78 Å². The Hall–Kier alpha value is -1.41. The predicted octanol–water partition coefficient (Wildman–Crippen LogP) is 2.57. The first-order valence-corrected chi connectivity index (χ1v) is 5.61. The molecule has 0 radical (unpaired) electrons. The Morgan fingerprint density at radius 1 is 1.31 bits per heavy atom. The van der Waals surface area contributed by atoms with Crippen molar-refractivity contribution in [2.24, 2.45) is 0 Å². The highest BCUT2D eigenvalue weighted by molar-refractivity contribution is 6.27. The number of rotatable bonds is 2. The molecule has 1 N–H and O–H groups in total. The highest BCUT2D eigenvalue weighted by Crippen LogP contribution is 2.38. The fraction of sp³-hybridized carbons (Fsp3) is 0.357. The van der Waals surface area contributed by atoms with Gasteiger partial charge in [-0.25, -0.2) is 0 Å². The van der Waals surface area contributed by atoms with Crippen molar-refractivity contribution in [1.82, 2.24) is 0 Å². The highest BCUT2D eigenvalue weighted by atomic mass is 16.3. The topological polar surface area (TPSA) is 37.3 Å². The maximum absolute atomic E-state index is 12.2. The largest absolute Gasteiger partial charge is 0.381 e. The second-order valence-corrected chi connectivity index (χ2v) is 4.41. The van der Waals surface area contributed by atoms with Crippen LogP contribution in [0.5, 0.6) is 0 Å². The van der Waals surface area contributed by atoms with Crippen LogP contribution in [0.25, 0.3) is 5.57 Å². The number of carbonyl (C=O) groups excluding carboxylic acids is 1. The molecule has 0 aromatic heterocycles. The van der Waals surface area contributed by atoms with Gasteiger partial charge in [-0.05, 0) is 18.9 Å². The van der Waals surface area contributed by atoms with Crippen LogP contribution in [0.3, 0.4) is 0 Å². The lowest BCUT2D eigenvalue weighted by Gasteiger charge is -2.18. The van der Waals surface area contributed by atoms with Gasteiger partial charge in [-0.15, -0.1) is 0 Å². The summed E-state index contributed by atoms with van der Waals surface area (Å²) >= 11 is 0. The van der Waals surface area contributed by atoms with Gasteiger partial charge in [0.05, 0.1) is 0 Å². The van der Waals surface area contributed by atoms with E-state index in [1.165, 1.54) is 0 Å². The predicted molar refractivity (Wildman–Crippen MR) is 63.9 cm³/mol. The molecule has 0 heterocycles. The van der Waals surface area contributed by atoms with E-state index in [2.05, 4.69) is 0 Å². The number of carbonyl (C=O) groups is 1. The van der Waals surface area contributed by atoms with Gasteiger partial charge in [0.2, 0.25) is 0 Å². The van der Waals surface area contributed by atoms with Gasteiger partial charge in [-0.3, -0.25) is 4.79 Å². The van der Waals surface area contributed by atoms with Crippen molar-refractivity contribution in [2.75, 3.05) is 0 Å². The number of benzene rings is 1. The highest BCUT2D eigenvalue weighted by Gasteiger charge is 2.42. The molecule has 2 nitrogen and oxygen atoms in total. The molecule has 16 heavy (non-hydrogen) atoms. The van der Waals surface area contributed by atoms with Crippen LogP contribution >= 0.6 is 0 Å². The van der Waals surface area contributed by atoms with Crippen LogP contribution in [-0.2, 0) is 4.79 Å². The third-order valence-corrected chi connectivity index (χ3v) is 3.28. The summed E-state index contributed by atoms with van der Waals surface area (Å²) in [7, 11) is 0. The summed E-state index contributed by atoms with van der Waals surface area (Å²) in [5.74, 6) is -0.126. The van der Waals surface area contributed by atoms with Crippen molar-refractivity contribution in [2.45, 2.75) is 32.3 Å². The van der Waals surface area contributed by atoms with Crippen molar-refractivity contribution in [3.63, 3.8) is 0 Å². The van der Waals surface area contributed by atoms with Gasteiger partial charge in [-0.2, -0.15) is 0 Å². The summed E-state index contributed by atoms with van der Waals surface area (Å²) in [5.41, 5.74) is 1.43. The Balaban J connectivity index is 2.44. The molecule has 1 aromatic rings. The van der Waals surface area contributed by atoms with Crippen molar-refractivity contribution >= 4 is 11.4 Å². The van der Waals surface area contributed by atoms with E-state index < -0.39 is 5.60 Å². The lowest BCUT2D eigenvalue weighted by molar-refractivity contribution is -0.129. The third kappa shape index (κ3) is 1.59. The third-order valence-electron chi connectivity index (χ3n) is 3.28. The fourth-order valence-corrected chi connectivity index (χ4v) is 2.30. The van der Waals surface area contributed by atoms with Crippen LogP contribution in [0.2, 0.25) is 0 Å². The van der Waals surface area contributed by atoms with Gasteiger partial charge in [0.1, 0.15) is 5.60 Å². The lowest BCUT2D eigenvalue weighted by Crippen LogP contribution is -2.34. The monoisotopic (exact) mass is 216 g/mol. The SMILES string of the molecule is CC[C@@]1(O)CC(C)=C(c2ccccc2)C1=O. The molecule has 0 spiro atoms. The molecule has 0 bridgehead atoms. The molecule has 2 heteroatoms. The molecule has 84 valence electrons. The molecule has 0 saturated heterocycles. The molecule has 1 aliphatic rings. The van der Waals surface area contributed by atoms with E-state index in [9.17, 15) is 9.90 Å². The molecule has 1 aromatic carbocycles. The second-order valence-electron chi connectivity index (χ2n) is 4.41. The summed E-state index contributed by atoms with van der Waals surface area (Å²) in [6.07, 6.45) is 0.937. The van der Waals surface area contributed by atoms with Crippen LogP contribution in [0.4, 0.5) is 0 Å². The quantitative estimate of drug-likeness (QED) is 0.825. The molecule has 0 saturated carbocycles. The molecule has 0 aliphatic heterocycles. The van der Waals surface area contributed by atoms with E-state index in [0.717, 1.165) is 11.1 Å². The minimum atomic E-state index is -1.17. The van der Waals surface area contributed by atoms with E-state index in [4.69, 9.17) is 0 Å². The Labute approximate surface area is 95.6 Å². The Morgan fingerprint density at radius 2 is 1.94 bits per heavy atom. The molecule has 0 unspecified atom stereocenters. The van der Waals surface area contributed by atoms with Crippen LogP contribution < -0.4 is 0 Å². The van der Waals surface area contributed by atoms with Crippen molar-refractivity contribution in [1.29, 1.82) is 0 Å². The molecule has 0 amide bonds. The average molecular weight is 216 g/mol. The lowest BCUT2D eigenvalue weighted by atomic mass is 9.93. The normalized spacial score (nSPS) is 25.3. The van der Waals surface area contributed by atoms with Crippen molar-refractivity contribution < 1.29 is 9.90 Å². The second kappa shape index (κ2) is 3.87. The minimum Gasteiger partial charge on any atom is -0.381 e. The zero-order chi connectivity index (χ0) is 11.8. The Kier molecular flexibility index (Phi) is 2.68. The standard InChI is InChI=1S/C14H16O2/c1-3-14(16)9-10(2)12(13(14)15)11-7-5-4-6-8-11/h4-8,16H,3,9H2,1-2H3/t14-/m1/s1. The number of ketones is 1.